The van der Waals surface area contributed by atoms with Gasteiger partial charge in [0.05, 0.1) is 18.5 Å². The average Bonchev–Trinajstić information content (AvgIpc) is 3.64. The number of hydrogen-bond donors (Lipinski definition) is 5. The maximum absolute atomic E-state index is 14.3. The van der Waals surface area contributed by atoms with Gasteiger partial charge in [-0.15, -0.1) is 0 Å². The third-order valence-corrected chi connectivity index (χ3v) is 9.85. The molecule has 0 bridgehead atoms. The minimum atomic E-state index is -1.08. The van der Waals surface area contributed by atoms with Gasteiger partial charge in [0, 0.05) is 37.0 Å². The van der Waals surface area contributed by atoms with E-state index in [-0.39, 0.29) is 18.7 Å². The maximum atomic E-state index is 14.3. The minimum Gasteiger partial charge on any atom is -0.443 e. The minimum absolute atomic E-state index is 0.0859. The molecule has 2 aromatic carbocycles. The molecular formula is C41H58N6O6. The molecule has 12 heteroatoms. The fraction of sp³-hybridized carbons (Fsp3) is 0.537. The molecule has 1 aliphatic rings. The smallest absolute Gasteiger partial charge is 0.415 e. The van der Waals surface area contributed by atoms with Gasteiger partial charge in [-0.2, -0.15) is 0 Å². The number of rotatable bonds is 16. The lowest BCUT2D eigenvalue weighted by atomic mass is 9.81. The molecule has 12 nitrogen and oxygen atoms in total. The highest BCUT2D eigenvalue weighted by Gasteiger charge is 2.36. The van der Waals surface area contributed by atoms with E-state index in [1.54, 1.807) is 65.2 Å². The van der Waals surface area contributed by atoms with Crippen molar-refractivity contribution in [2.24, 2.45) is 11.8 Å². The van der Waals surface area contributed by atoms with Crippen LogP contribution < -0.4 is 20.9 Å². The van der Waals surface area contributed by atoms with Crippen LogP contribution in [0.1, 0.15) is 89.5 Å². The first-order valence-electron chi connectivity index (χ1n) is 18.8. The van der Waals surface area contributed by atoms with Crippen molar-refractivity contribution in [3.8, 4) is 0 Å². The van der Waals surface area contributed by atoms with E-state index in [2.05, 4.69) is 25.9 Å². The molecule has 0 radical (unpaired) electrons. The van der Waals surface area contributed by atoms with Crippen molar-refractivity contribution in [3.63, 3.8) is 0 Å². The fourth-order valence-corrected chi connectivity index (χ4v) is 6.95. The van der Waals surface area contributed by atoms with Gasteiger partial charge in [0.1, 0.15) is 17.7 Å². The first-order chi connectivity index (χ1) is 25.2. The molecule has 0 aliphatic heterocycles. The van der Waals surface area contributed by atoms with Crippen LogP contribution in [0.15, 0.2) is 67.1 Å². The van der Waals surface area contributed by atoms with Crippen LogP contribution in [0.4, 0.5) is 10.5 Å². The number of aryl methyl sites for hydroxylation is 1. The summed E-state index contributed by atoms with van der Waals surface area (Å²) in [4.78, 5) is 63.2. The van der Waals surface area contributed by atoms with Crippen LogP contribution in [0.25, 0.3) is 0 Å². The molecule has 53 heavy (non-hydrogen) atoms. The highest BCUT2D eigenvalue weighted by Crippen LogP contribution is 2.30. The van der Waals surface area contributed by atoms with E-state index < -0.39 is 53.7 Å². The Bertz CT molecular complexity index is 1600. The van der Waals surface area contributed by atoms with Crippen molar-refractivity contribution in [1.29, 1.82) is 0 Å². The Morgan fingerprint density at radius 2 is 1.62 bits per heavy atom. The van der Waals surface area contributed by atoms with Gasteiger partial charge in [0.25, 0.3) is 0 Å². The van der Waals surface area contributed by atoms with Crippen molar-refractivity contribution in [3.05, 3.63) is 83.9 Å². The summed E-state index contributed by atoms with van der Waals surface area (Å²) in [5.74, 6) is -1.46. The summed E-state index contributed by atoms with van der Waals surface area (Å²) in [6, 6.07) is 13.9. The van der Waals surface area contributed by atoms with Gasteiger partial charge in [-0.1, -0.05) is 80.1 Å². The molecular weight excluding hydrogens is 672 g/mol. The lowest BCUT2D eigenvalue weighted by Crippen LogP contribution is -2.57. The molecule has 1 heterocycles. The zero-order chi connectivity index (χ0) is 38.5. The largest absolute Gasteiger partial charge is 0.443 e. The number of ether oxygens (including phenoxy) is 1. The topological polar surface area (TPSA) is 166 Å². The lowest BCUT2D eigenvalue weighted by Gasteiger charge is -2.33. The van der Waals surface area contributed by atoms with E-state index in [1.165, 1.54) is 11.2 Å². The van der Waals surface area contributed by atoms with Crippen LogP contribution >= 0.6 is 0 Å². The molecule has 0 saturated heterocycles. The fourth-order valence-electron chi connectivity index (χ4n) is 6.95. The average molecular weight is 731 g/mol. The Balaban J connectivity index is 1.58. The number of aliphatic hydroxyl groups excluding tert-OH is 1. The van der Waals surface area contributed by atoms with Gasteiger partial charge in [-0.05, 0) is 77.5 Å². The summed E-state index contributed by atoms with van der Waals surface area (Å²) in [7, 11) is 1.59. The summed E-state index contributed by atoms with van der Waals surface area (Å²) in [5.41, 5.74) is 2.37. The van der Waals surface area contributed by atoms with Crippen LogP contribution in [0, 0.1) is 18.8 Å². The number of amides is 4. The normalized spacial score (nSPS) is 16.4. The Morgan fingerprint density at radius 3 is 2.23 bits per heavy atom. The van der Waals surface area contributed by atoms with Gasteiger partial charge in [-0.25, -0.2) is 9.78 Å². The standard InChI is InChI=1S/C41H58N6O6/c1-27-17-19-30(20-18-27)21-31(38(50)42-6)23-36(48)34(22-29-13-9-7-10-14-29)45-39(51)35(24-32-25-43-26-44-32)46-37(49)28(2)47(33-15-11-8-12-16-33)40(52)53-41(3,4)5/h8,11-12,15-20,25-26,28-29,31,34-36,48H,7,9-10,13-14,21-24H2,1-6H3,(H,42,50)(H,43,44)(H,45,51)(H,46,49)/t28?,31-,34+,35?,36+/m1/s1. The van der Waals surface area contributed by atoms with E-state index in [9.17, 15) is 24.3 Å². The van der Waals surface area contributed by atoms with Gasteiger partial charge >= 0.3 is 6.09 Å². The van der Waals surface area contributed by atoms with Crippen LogP contribution in [0.3, 0.4) is 0 Å². The SMILES string of the molecule is CNC(=O)[C@H](Cc1ccc(C)cc1)C[C@H](O)[C@H](CC1CCCCC1)NC(=O)C(Cc1cnc[nH]1)NC(=O)C(C)N(C(=O)OC(C)(C)C)c1ccccc1. The Labute approximate surface area is 313 Å². The zero-order valence-electron chi connectivity index (χ0n) is 32.1. The molecule has 4 rings (SSSR count). The van der Waals surface area contributed by atoms with Gasteiger partial charge in [0.15, 0.2) is 0 Å². The molecule has 1 aliphatic carbocycles. The van der Waals surface area contributed by atoms with Crippen LogP contribution in [0.2, 0.25) is 0 Å². The molecule has 3 aromatic rings. The number of carbonyl (C=O) groups is 4. The molecule has 2 unspecified atom stereocenters. The highest BCUT2D eigenvalue weighted by molar-refractivity contribution is 5.99. The number of para-hydroxylation sites is 1. The highest BCUT2D eigenvalue weighted by atomic mass is 16.6. The lowest BCUT2D eigenvalue weighted by molar-refractivity contribution is -0.130. The van der Waals surface area contributed by atoms with E-state index in [0.717, 1.165) is 43.2 Å². The monoisotopic (exact) mass is 730 g/mol. The summed E-state index contributed by atoms with van der Waals surface area (Å²) < 4.78 is 5.67. The molecule has 5 N–H and O–H groups in total. The number of aliphatic hydroxyl groups is 1. The zero-order valence-corrected chi connectivity index (χ0v) is 32.1. The van der Waals surface area contributed by atoms with Crippen molar-refractivity contribution >= 4 is 29.5 Å². The molecule has 1 fully saturated rings. The van der Waals surface area contributed by atoms with Gasteiger partial charge < -0.3 is 30.8 Å². The molecule has 5 atom stereocenters. The number of hydrogen-bond acceptors (Lipinski definition) is 7. The van der Waals surface area contributed by atoms with Crippen LogP contribution in [0.5, 0.6) is 0 Å². The third kappa shape index (κ3) is 12.7. The second-order valence-electron chi connectivity index (χ2n) is 15.4. The number of anilines is 1. The first-order valence-corrected chi connectivity index (χ1v) is 18.8. The molecule has 288 valence electrons. The number of nitrogens with zero attached hydrogens (tertiary/aromatic N) is 2. The molecule has 1 saturated carbocycles. The molecule has 1 aromatic heterocycles. The predicted octanol–water partition coefficient (Wildman–Crippen LogP) is 5.39. The first kappa shape index (κ1) is 41.1. The Morgan fingerprint density at radius 1 is 0.943 bits per heavy atom. The van der Waals surface area contributed by atoms with E-state index in [4.69, 9.17) is 4.74 Å². The summed E-state index contributed by atoms with van der Waals surface area (Å²) in [5, 5.41) is 20.6. The van der Waals surface area contributed by atoms with Gasteiger partial charge in [0.2, 0.25) is 17.7 Å². The van der Waals surface area contributed by atoms with Gasteiger partial charge in [-0.3, -0.25) is 19.3 Å². The predicted molar refractivity (Wildman–Crippen MR) is 205 cm³/mol. The number of nitrogens with one attached hydrogen (secondary N) is 4. The second kappa shape index (κ2) is 19.4. The van der Waals surface area contributed by atoms with E-state index >= 15 is 0 Å². The van der Waals surface area contributed by atoms with E-state index in [1.807, 2.05) is 37.3 Å². The van der Waals surface area contributed by atoms with Crippen molar-refractivity contribution < 1.29 is 29.0 Å². The van der Waals surface area contributed by atoms with Crippen LogP contribution in [-0.4, -0.2) is 75.8 Å². The van der Waals surface area contributed by atoms with E-state index in [0.29, 0.717) is 30.1 Å². The number of H-pyrrole nitrogens is 1. The number of aromatic amines is 1. The third-order valence-electron chi connectivity index (χ3n) is 9.85. The quantitative estimate of drug-likeness (QED) is 0.132. The molecule has 4 amide bonds. The maximum Gasteiger partial charge on any atom is 0.415 e. The summed E-state index contributed by atoms with van der Waals surface area (Å²) >= 11 is 0. The van der Waals surface area contributed by atoms with Crippen molar-refractivity contribution in [2.45, 2.75) is 122 Å². The second-order valence-corrected chi connectivity index (χ2v) is 15.4. The Kier molecular flexibility index (Phi) is 15.0. The van der Waals surface area contributed by atoms with Crippen molar-refractivity contribution in [1.82, 2.24) is 25.9 Å². The van der Waals surface area contributed by atoms with Crippen molar-refractivity contribution in [2.75, 3.05) is 11.9 Å². The molecule has 0 spiro atoms. The number of benzene rings is 2. The van der Waals surface area contributed by atoms with Crippen LogP contribution in [-0.2, 0) is 32.0 Å². The number of aromatic nitrogens is 2. The number of carbonyl (C=O) groups excluding carboxylic acids is 4. The number of imidazole rings is 1. The summed E-state index contributed by atoms with van der Waals surface area (Å²) in [6.07, 6.45) is 7.87. The summed E-state index contributed by atoms with van der Waals surface area (Å²) in [6.45, 7) is 8.84. The Hall–Kier alpha value is -4.71.